The van der Waals surface area contributed by atoms with Gasteiger partial charge in [0.1, 0.15) is 5.82 Å². The van der Waals surface area contributed by atoms with E-state index in [9.17, 15) is 4.39 Å². The lowest BCUT2D eigenvalue weighted by molar-refractivity contribution is 0.600. The molecule has 0 aromatic heterocycles. The van der Waals surface area contributed by atoms with Crippen molar-refractivity contribution in [3.63, 3.8) is 0 Å². The molecule has 1 nitrogen and oxygen atoms in total. The maximum absolute atomic E-state index is 13.1. The summed E-state index contributed by atoms with van der Waals surface area (Å²) >= 11 is 1.45. The Hall–Kier alpha value is -0.540. The first-order chi connectivity index (χ1) is 6.27. The third-order valence-corrected chi connectivity index (χ3v) is 2.63. The van der Waals surface area contributed by atoms with Gasteiger partial charge in [-0.1, -0.05) is 6.07 Å². The molecule has 13 heavy (non-hydrogen) atoms. The van der Waals surface area contributed by atoms with E-state index in [0.717, 1.165) is 17.9 Å². The summed E-state index contributed by atoms with van der Waals surface area (Å²) in [6.07, 6.45) is 2.84. The van der Waals surface area contributed by atoms with Gasteiger partial charge in [0.15, 0.2) is 0 Å². The first-order valence-corrected chi connectivity index (χ1v) is 5.47. The summed E-state index contributed by atoms with van der Waals surface area (Å²) in [7, 11) is 1.92. The third kappa shape index (κ3) is 3.01. The molecule has 1 aromatic rings. The van der Waals surface area contributed by atoms with E-state index >= 15 is 0 Å². The van der Waals surface area contributed by atoms with E-state index < -0.39 is 0 Å². The Morgan fingerprint density at radius 3 is 2.85 bits per heavy atom. The van der Waals surface area contributed by atoms with Gasteiger partial charge in [0.05, 0.1) is 0 Å². The summed E-state index contributed by atoms with van der Waals surface area (Å²) in [5.41, 5.74) is 1.18. The van der Waals surface area contributed by atoms with Crippen LogP contribution < -0.4 is 5.32 Å². The van der Waals surface area contributed by atoms with Crippen molar-refractivity contribution >= 4 is 11.8 Å². The molecule has 3 heteroatoms. The molecule has 0 spiro atoms. The number of likely N-dealkylation sites (N-methyl/N-ethyl adjacent to an activating group) is 1. The molecule has 0 aliphatic rings. The van der Waals surface area contributed by atoms with Crippen LogP contribution in [-0.2, 0) is 6.42 Å². The van der Waals surface area contributed by atoms with Crippen molar-refractivity contribution in [1.29, 1.82) is 0 Å². The average molecular weight is 199 g/mol. The van der Waals surface area contributed by atoms with Crippen LogP contribution in [0, 0.1) is 5.82 Å². The third-order valence-electron chi connectivity index (χ3n) is 1.88. The minimum absolute atomic E-state index is 0.124. The molecule has 0 saturated carbocycles. The van der Waals surface area contributed by atoms with Crippen molar-refractivity contribution < 1.29 is 4.39 Å². The number of hydrogen-bond donors (Lipinski definition) is 1. The van der Waals surface area contributed by atoms with Gasteiger partial charge in [-0.25, -0.2) is 4.39 Å². The fraction of sp³-hybridized carbons (Fsp3) is 0.400. The molecule has 0 aliphatic carbocycles. The molecule has 1 aromatic carbocycles. The van der Waals surface area contributed by atoms with Crippen molar-refractivity contribution in [2.75, 3.05) is 19.8 Å². The highest BCUT2D eigenvalue weighted by Crippen LogP contribution is 2.20. The number of thioether (sulfide) groups is 1. The zero-order valence-corrected chi connectivity index (χ0v) is 8.75. The number of hydrogen-bond acceptors (Lipinski definition) is 2. The number of halogens is 1. The zero-order chi connectivity index (χ0) is 9.68. The summed E-state index contributed by atoms with van der Waals surface area (Å²) in [4.78, 5) is 0.730. The Labute approximate surface area is 82.7 Å². The van der Waals surface area contributed by atoms with Crippen molar-refractivity contribution in [2.24, 2.45) is 0 Å². The molecule has 0 fully saturated rings. The molecule has 0 heterocycles. The summed E-state index contributed by atoms with van der Waals surface area (Å²) in [5, 5.41) is 3.07. The molecule has 0 atom stereocenters. The molecule has 0 unspecified atom stereocenters. The van der Waals surface area contributed by atoms with Gasteiger partial charge in [0, 0.05) is 4.90 Å². The van der Waals surface area contributed by atoms with Crippen LogP contribution in [0.4, 0.5) is 4.39 Å². The number of rotatable bonds is 4. The molecule has 1 N–H and O–H groups in total. The van der Waals surface area contributed by atoms with Crippen LogP contribution in [0.5, 0.6) is 0 Å². The SMILES string of the molecule is CNCCc1ccc(F)c(SC)c1. The maximum atomic E-state index is 13.1. The highest BCUT2D eigenvalue weighted by Gasteiger charge is 2.01. The van der Waals surface area contributed by atoms with E-state index in [0.29, 0.717) is 0 Å². The first-order valence-electron chi connectivity index (χ1n) is 4.25. The van der Waals surface area contributed by atoms with E-state index in [1.54, 1.807) is 0 Å². The van der Waals surface area contributed by atoms with Crippen LogP contribution in [-0.4, -0.2) is 19.8 Å². The lowest BCUT2D eigenvalue weighted by atomic mass is 10.1. The van der Waals surface area contributed by atoms with Crippen LogP contribution in [0.15, 0.2) is 23.1 Å². The van der Waals surface area contributed by atoms with Gasteiger partial charge >= 0.3 is 0 Å². The lowest BCUT2D eigenvalue weighted by Gasteiger charge is -2.04. The fourth-order valence-electron chi connectivity index (χ4n) is 1.13. The van der Waals surface area contributed by atoms with Crippen LogP contribution in [0.1, 0.15) is 5.56 Å². The van der Waals surface area contributed by atoms with Gasteiger partial charge < -0.3 is 5.32 Å². The topological polar surface area (TPSA) is 12.0 Å². The minimum Gasteiger partial charge on any atom is -0.319 e. The Kier molecular flexibility index (Phi) is 4.25. The van der Waals surface area contributed by atoms with E-state index in [-0.39, 0.29) is 5.82 Å². The van der Waals surface area contributed by atoms with E-state index in [2.05, 4.69) is 5.32 Å². The largest absolute Gasteiger partial charge is 0.319 e. The Morgan fingerprint density at radius 2 is 2.23 bits per heavy atom. The second-order valence-electron chi connectivity index (χ2n) is 2.82. The second kappa shape index (κ2) is 5.25. The van der Waals surface area contributed by atoms with Crippen molar-refractivity contribution in [1.82, 2.24) is 5.32 Å². The van der Waals surface area contributed by atoms with Crippen molar-refractivity contribution in [3.8, 4) is 0 Å². The molecule has 72 valence electrons. The van der Waals surface area contributed by atoms with E-state index in [1.165, 1.54) is 23.4 Å². The molecule has 0 radical (unpaired) electrons. The Bertz CT molecular complexity index is 276. The molecule has 1 rings (SSSR count). The first kappa shape index (κ1) is 10.5. The van der Waals surface area contributed by atoms with Crippen LogP contribution in [0.25, 0.3) is 0 Å². The lowest BCUT2D eigenvalue weighted by Crippen LogP contribution is -2.10. The zero-order valence-electron chi connectivity index (χ0n) is 7.93. The van der Waals surface area contributed by atoms with Gasteiger partial charge in [-0.15, -0.1) is 11.8 Å². The van der Waals surface area contributed by atoms with Gasteiger partial charge in [-0.3, -0.25) is 0 Å². The summed E-state index contributed by atoms with van der Waals surface area (Å²) in [6.45, 7) is 0.930. The predicted molar refractivity (Wildman–Crippen MR) is 55.8 cm³/mol. The molecule has 0 bridgehead atoms. The maximum Gasteiger partial charge on any atom is 0.136 e. The second-order valence-corrected chi connectivity index (χ2v) is 3.67. The van der Waals surface area contributed by atoms with Crippen LogP contribution in [0.2, 0.25) is 0 Å². The standard InChI is InChI=1S/C10H14FNS/c1-12-6-5-8-3-4-9(11)10(7-8)13-2/h3-4,7,12H,5-6H2,1-2H3. The van der Waals surface area contributed by atoms with E-state index in [1.807, 2.05) is 25.4 Å². The summed E-state index contributed by atoms with van der Waals surface area (Å²) < 4.78 is 13.1. The van der Waals surface area contributed by atoms with Gasteiger partial charge in [0.2, 0.25) is 0 Å². The highest BCUT2D eigenvalue weighted by atomic mass is 32.2. The normalized spacial score (nSPS) is 10.4. The fourth-order valence-corrected chi connectivity index (χ4v) is 1.66. The summed E-state index contributed by atoms with van der Waals surface area (Å²) in [6, 6.07) is 5.29. The molecular formula is C10H14FNS. The average Bonchev–Trinajstić information content (AvgIpc) is 2.16. The predicted octanol–water partition coefficient (Wildman–Crippen LogP) is 2.31. The van der Waals surface area contributed by atoms with Gasteiger partial charge in [0.25, 0.3) is 0 Å². The molecule has 0 saturated heterocycles. The molecular weight excluding hydrogens is 185 g/mol. The number of nitrogens with one attached hydrogen (secondary N) is 1. The van der Waals surface area contributed by atoms with Crippen LogP contribution >= 0.6 is 11.8 Å². The van der Waals surface area contributed by atoms with Gasteiger partial charge in [-0.05, 0) is 44.0 Å². The Morgan fingerprint density at radius 1 is 1.46 bits per heavy atom. The highest BCUT2D eigenvalue weighted by molar-refractivity contribution is 7.98. The number of benzene rings is 1. The monoisotopic (exact) mass is 199 g/mol. The van der Waals surface area contributed by atoms with Crippen molar-refractivity contribution in [3.05, 3.63) is 29.6 Å². The quantitative estimate of drug-likeness (QED) is 0.747. The molecule has 0 aliphatic heterocycles. The van der Waals surface area contributed by atoms with Crippen LogP contribution in [0.3, 0.4) is 0 Å². The molecule has 0 amide bonds. The minimum atomic E-state index is -0.124. The van der Waals surface area contributed by atoms with Crippen molar-refractivity contribution in [2.45, 2.75) is 11.3 Å². The Balaban J connectivity index is 2.74. The van der Waals surface area contributed by atoms with E-state index in [4.69, 9.17) is 0 Å². The smallest absolute Gasteiger partial charge is 0.136 e. The summed E-state index contributed by atoms with van der Waals surface area (Å²) in [5.74, 6) is -0.124. The van der Waals surface area contributed by atoms with Gasteiger partial charge in [-0.2, -0.15) is 0 Å².